The van der Waals surface area contributed by atoms with Crippen molar-refractivity contribution >= 4 is 44.7 Å². The molecule has 1 amide bonds. The Hall–Kier alpha value is -1.61. The summed E-state index contributed by atoms with van der Waals surface area (Å²) in [5.41, 5.74) is -4.31. The van der Waals surface area contributed by atoms with Crippen LogP contribution in [-0.2, 0) is 92.5 Å². The van der Waals surface area contributed by atoms with Crippen LogP contribution in [0.5, 0.6) is 0 Å². The maximum Gasteiger partial charge on any atom is 0.528 e. The van der Waals surface area contributed by atoms with Crippen LogP contribution in [0.4, 0.5) is 52.7 Å². The first-order valence-electron chi connectivity index (χ1n) is 24.0. The maximum absolute atomic E-state index is 14.3. The van der Waals surface area contributed by atoms with E-state index >= 15 is 0 Å². The number of rotatable bonds is 48. The highest BCUT2D eigenvalue weighted by atomic mass is 31.2. The van der Waals surface area contributed by atoms with Crippen LogP contribution < -0.4 is 5.32 Å². The molecule has 0 aromatic heterocycles. The Morgan fingerprint density at radius 2 is 0.925 bits per heavy atom. The monoisotopic (exact) mass is 1290 g/mol. The summed E-state index contributed by atoms with van der Waals surface area (Å²) in [5.74, 6) is -2.21. The number of Topliss-reactive ketones (excluding diaryl/α,β-unsaturated/α-hetero) is 1. The molecule has 0 atom stereocenters. The van der Waals surface area contributed by atoms with Crippen molar-refractivity contribution in [1.82, 2.24) is 5.32 Å². The van der Waals surface area contributed by atoms with E-state index in [0.717, 1.165) is 6.55 Å². The lowest BCUT2D eigenvalue weighted by Crippen LogP contribution is -2.60. The molecule has 0 aromatic rings. The fraction of sp³-hybridized carbons (Fsp3) is 0.949. The van der Waals surface area contributed by atoms with Crippen LogP contribution in [0, 0.1) is 0 Å². The minimum absolute atomic E-state index is 0.0212. The molecule has 41 heteroatoms. The molecule has 0 fully saturated rings. The average molecular weight is 1290 g/mol. The second-order valence-corrected chi connectivity index (χ2v) is 23.3. The van der Waals surface area contributed by atoms with Gasteiger partial charge in [-0.3, -0.25) is 28.1 Å². The van der Waals surface area contributed by atoms with Gasteiger partial charge in [-0.25, -0.2) is 13.9 Å². The Morgan fingerprint density at radius 1 is 0.512 bits per heavy atom. The number of carbonyl (C=O) groups is 2. The SMILES string of the molecule is CCCC(=O)COCOCC(F)(F)OC(F)(F)C(=O)NCC.CCO[Si](COCOCC(F)(F)OC(F)(F)[Si](C)(OCC)OCC)(OCC)OCC.O=P(O)(O)OCCCCOCOCC(F)(F)OC(F)(F)CCCOP(=O)(O)O. The molecule has 0 aliphatic heterocycles. The van der Waals surface area contributed by atoms with Crippen molar-refractivity contribution in [2.24, 2.45) is 0 Å². The lowest BCUT2D eigenvalue weighted by molar-refractivity contribution is -0.389. The predicted molar refractivity (Wildman–Crippen MR) is 252 cm³/mol. The number of unbranched alkanes of at least 4 members (excludes halogenated alkanes) is 1. The molecule has 0 heterocycles. The Balaban J connectivity index is -0.00000113. The molecule has 482 valence electrons. The number of ether oxygens (including phenoxy) is 9. The van der Waals surface area contributed by atoms with Gasteiger partial charge in [0.1, 0.15) is 53.0 Å². The number of hydrogen-bond donors (Lipinski definition) is 5. The topological polar surface area (TPSA) is 309 Å². The molecule has 0 aliphatic rings. The smallest absolute Gasteiger partial charge is 0.389 e. The second-order valence-electron chi connectivity index (χ2n) is 15.3. The standard InChI is InChI=1S/C16H34F4O8Si2.C12H19F4NO5.C11H22F4O11P2/c1-7-23-29(6,24-8-2)16(19,20)28-15(17,18)12-21-13-22-14-30(25-9-3,26-10-4)27-11-5;1-3-5-9(18)6-20-8-21-7-11(13,14)22-12(15,16)10(19)17-4-2;12-10(13,4-3-7-25-28(19,20)21)26-11(14,15)8-23-9-22-5-1-2-6-24-27(16,17)18/h7-14H2,1-6H3;3-8H2,1-2H3,(H,17,19);1-9H2,(H2,16,17,18)(H2,19,20,21). The van der Waals surface area contributed by atoms with Gasteiger partial charge in [-0.05, 0) is 73.8 Å². The summed E-state index contributed by atoms with van der Waals surface area (Å²) >= 11 is 0. The first-order valence-corrected chi connectivity index (χ1v) is 31.3. The van der Waals surface area contributed by atoms with Crippen molar-refractivity contribution < 1.29 is 165 Å². The largest absolute Gasteiger partial charge is 0.528 e. The van der Waals surface area contributed by atoms with Crippen molar-refractivity contribution in [2.45, 2.75) is 130 Å². The molecule has 0 saturated heterocycles. The van der Waals surface area contributed by atoms with Gasteiger partial charge in [0.05, 0.1) is 13.2 Å². The van der Waals surface area contributed by atoms with Gasteiger partial charge in [0.25, 0.3) is 0 Å². The number of nitrogens with one attached hydrogen (secondary N) is 1. The lowest BCUT2D eigenvalue weighted by atomic mass is 10.2. The molecule has 0 aliphatic carbocycles. The molecule has 0 saturated carbocycles. The van der Waals surface area contributed by atoms with Crippen LogP contribution in [0.2, 0.25) is 6.55 Å². The van der Waals surface area contributed by atoms with E-state index in [1.54, 1.807) is 33.0 Å². The number of hydrogen-bond acceptors (Lipinski definition) is 20. The number of amides is 1. The van der Waals surface area contributed by atoms with E-state index in [-0.39, 0.29) is 70.9 Å². The van der Waals surface area contributed by atoms with Gasteiger partial charge in [0.2, 0.25) is 0 Å². The van der Waals surface area contributed by atoms with Gasteiger partial charge in [-0.15, -0.1) is 0 Å². The molecule has 5 N–H and O–H groups in total. The molecular formula is C39H75F12NO24P2Si2. The van der Waals surface area contributed by atoms with Gasteiger partial charge < -0.3 is 75.4 Å². The first kappa shape index (κ1) is 82.6. The fourth-order valence-electron chi connectivity index (χ4n) is 5.15. The fourth-order valence-corrected chi connectivity index (χ4v) is 9.89. The van der Waals surface area contributed by atoms with E-state index in [9.17, 15) is 71.4 Å². The quantitative estimate of drug-likeness (QED) is 0.0133. The number of carbonyl (C=O) groups excluding carboxylic acids is 2. The molecule has 0 bridgehead atoms. The van der Waals surface area contributed by atoms with Crippen molar-refractivity contribution in [2.75, 3.05) is 112 Å². The number of ketones is 1. The van der Waals surface area contributed by atoms with E-state index in [0.29, 0.717) is 26.2 Å². The summed E-state index contributed by atoms with van der Waals surface area (Å²) in [6, 6.07) is 0. The van der Waals surface area contributed by atoms with Crippen LogP contribution in [0.1, 0.15) is 87.0 Å². The number of phosphoric acid groups is 2. The second kappa shape index (κ2) is 41.4. The molecule has 0 spiro atoms. The summed E-state index contributed by atoms with van der Waals surface area (Å²) < 4.78 is 255. The van der Waals surface area contributed by atoms with Crippen molar-refractivity contribution in [3.8, 4) is 0 Å². The molecule has 0 rings (SSSR count). The zero-order chi connectivity index (χ0) is 62.4. The van der Waals surface area contributed by atoms with Crippen LogP contribution in [0.15, 0.2) is 0 Å². The van der Waals surface area contributed by atoms with Crippen LogP contribution in [0.25, 0.3) is 0 Å². The number of phosphoric ester groups is 2. The van der Waals surface area contributed by atoms with Crippen molar-refractivity contribution in [1.29, 1.82) is 0 Å². The van der Waals surface area contributed by atoms with E-state index in [1.807, 2.05) is 0 Å². The summed E-state index contributed by atoms with van der Waals surface area (Å²) in [5, 5.41) is 1.66. The van der Waals surface area contributed by atoms with Crippen LogP contribution >= 0.6 is 15.6 Å². The Morgan fingerprint density at radius 3 is 1.36 bits per heavy atom. The highest BCUT2D eigenvalue weighted by Gasteiger charge is 2.63. The summed E-state index contributed by atoms with van der Waals surface area (Å²) in [6.45, 7) is 4.79. The van der Waals surface area contributed by atoms with Gasteiger partial charge >= 0.3 is 75.2 Å². The third kappa shape index (κ3) is 44.0. The Bertz CT molecular complexity index is 1720. The van der Waals surface area contributed by atoms with Crippen LogP contribution in [-0.4, -0.2) is 197 Å². The van der Waals surface area contributed by atoms with Gasteiger partial charge in [-0.2, -0.15) is 52.7 Å². The van der Waals surface area contributed by atoms with E-state index in [1.165, 1.54) is 20.8 Å². The summed E-state index contributed by atoms with van der Waals surface area (Å²) in [4.78, 5) is 55.4. The molecule has 0 aromatic carbocycles. The normalized spacial score (nSPS) is 13.4. The third-order valence-electron chi connectivity index (χ3n) is 8.11. The summed E-state index contributed by atoms with van der Waals surface area (Å²) in [7, 11) is -16.9. The molecule has 0 unspecified atom stereocenters. The average Bonchev–Trinajstić information content (AvgIpc) is 3.29. The highest BCUT2D eigenvalue weighted by molar-refractivity contribution is 7.46. The summed E-state index contributed by atoms with van der Waals surface area (Å²) in [6.07, 6.45) is -22.7. The van der Waals surface area contributed by atoms with Gasteiger partial charge in [-0.1, -0.05) is 6.92 Å². The Kier molecular flexibility index (Phi) is 42.8. The third-order valence-corrected chi connectivity index (χ3v) is 14.7. The molecule has 80 heavy (non-hydrogen) atoms. The number of alkyl halides is 12. The van der Waals surface area contributed by atoms with E-state index in [2.05, 4.69) is 42.2 Å². The molecular weight excluding hydrogens is 1210 g/mol. The number of likely N-dealkylation sites (N-methyl/N-ethyl adjacent to an activating group) is 1. The lowest BCUT2D eigenvalue weighted by Gasteiger charge is -2.34. The predicted octanol–water partition coefficient (Wildman–Crippen LogP) is 7.09. The Labute approximate surface area is 456 Å². The van der Waals surface area contributed by atoms with Crippen molar-refractivity contribution in [3.05, 3.63) is 0 Å². The van der Waals surface area contributed by atoms with E-state index < -0.39 is 135 Å². The molecule has 25 nitrogen and oxygen atoms in total. The minimum atomic E-state index is -4.84. The van der Waals surface area contributed by atoms with Crippen molar-refractivity contribution in [3.63, 3.8) is 0 Å². The zero-order valence-corrected chi connectivity index (χ0v) is 48.9. The highest BCUT2D eigenvalue weighted by Crippen LogP contribution is 2.39. The molecule has 0 radical (unpaired) electrons. The zero-order valence-electron chi connectivity index (χ0n) is 45.1. The first-order chi connectivity index (χ1) is 36.7. The number of halogens is 12. The van der Waals surface area contributed by atoms with E-state index in [4.69, 9.17) is 51.2 Å². The maximum atomic E-state index is 14.3. The van der Waals surface area contributed by atoms with Crippen LogP contribution in [0.3, 0.4) is 0 Å². The minimum Gasteiger partial charge on any atom is -0.389 e. The van der Waals surface area contributed by atoms with Gasteiger partial charge in [0.15, 0.2) is 5.78 Å². The van der Waals surface area contributed by atoms with Gasteiger partial charge in [0, 0.05) is 59.0 Å².